The minimum absolute atomic E-state index is 0.0715. The molecular weight excluding hydrogens is 436 g/mol. The average molecular weight is 457 g/mol. The van der Waals surface area contributed by atoms with Crippen LogP contribution in [0, 0.1) is 0 Å². The number of nitrogens with one attached hydrogen (secondary N) is 1. The highest BCUT2D eigenvalue weighted by Crippen LogP contribution is 2.32. The van der Waals surface area contributed by atoms with Gasteiger partial charge in [0.25, 0.3) is 11.8 Å². The van der Waals surface area contributed by atoms with E-state index in [1.54, 1.807) is 30.3 Å². The van der Waals surface area contributed by atoms with Gasteiger partial charge in [-0.25, -0.2) is 14.5 Å². The fourth-order valence-electron chi connectivity index (χ4n) is 3.04. The second-order valence-electron chi connectivity index (χ2n) is 6.84. The topological polar surface area (TPSA) is 102 Å². The number of benzene rings is 2. The van der Waals surface area contributed by atoms with E-state index in [1.807, 2.05) is 6.92 Å². The summed E-state index contributed by atoms with van der Waals surface area (Å²) in [5.41, 5.74) is 0.582. The normalized spacial score (nSPS) is 13.4. The summed E-state index contributed by atoms with van der Waals surface area (Å²) < 4.78 is 9.93. The number of unbranched alkanes of at least 4 members (excludes halogenated alkanes) is 1. The number of methoxy groups -OCH3 is 1. The summed E-state index contributed by atoms with van der Waals surface area (Å²) in [7, 11) is 1.25. The van der Waals surface area contributed by atoms with E-state index in [-0.39, 0.29) is 34.2 Å². The molecule has 0 fully saturated rings. The minimum Gasteiger partial charge on any atom is -0.465 e. The van der Waals surface area contributed by atoms with Crippen LogP contribution in [0.3, 0.4) is 0 Å². The van der Waals surface area contributed by atoms with Crippen molar-refractivity contribution in [2.45, 2.75) is 19.8 Å². The number of nitrogens with zero attached hydrogens (tertiary/aromatic N) is 1. The number of hydrogen-bond acceptors (Lipinski definition) is 7. The minimum atomic E-state index is -0.780. The zero-order valence-corrected chi connectivity index (χ0v) is 18.3. The summed E-state index contributed by atoms with van der Waals surface area (Å²) in [5.74, 6) is -2.72. The summed E-state index contributed by atoms with van der Waals surface area (Å²) in [4.78, 5) is 51.0. The molecule has 1 aliphatic rings. The highest BCUT2D eigenvalue weighted by molar-refractivity contribution is 6.53. The largest absolute Gasteiger partial charge is 0.465 e. The second-order valence-corrected chi connectivity index (χ2v) is 7.22. The standard InChI is InChI=1S/C23H21ClN2O6/c1-3-4-12-32-23(30)16-10-5-6-11-17(16)26-20(27)18(24)19(21(26)28)25-15-9-7-8-14(13-15)22(29)31-2/h5-11,13,25H,3-4,12H2,1-2H3. The maximum Gasteiger partial charge on any atom is 0.340 e. The van der Waals surface area contributed by atoms with Crippen molar-refractivity contribution in [1.29, 1.82) is 0 Å². The van der Waals surface area contributed by atoms with Crippen molar-refractivity contribution in [3.05, 3.63) is 70.4 Å². The number of hydrogen-bond donors (Lipinski definition) is 1. The molecule has 9 heteroatoms. The van der Waals surface area contributed by atoms with E-state index in [0.29, 0.717) is 12.1 Å². The highest BCUT2D eigenvalue weighted by atomic mass is 35.5. The predicted octanol–water partition coefficient (Wildman–Crippen LogP) is 3.87. The van der Waals surface area contributed by atoms with Crippen LogP contribution >= 0.6 is 11.6 Å². The maximum absolute atomic E-state index is 13.1. The van der Waals surface area contributed by atoms with Crippen LogP contribution in [0.2, 0.25) is 0 Å². The van der Waals surface area contributed by atoms with E-state index in [2.05, 4.69) is 10.1 Å². The third kappa shape index (κ3) is 4.65. The first-order valence-corrected chi connectivity index (χ1v) is 10.3. The lowest BCUT2D eigenvalue weighted by Crippen LogP contribution is -2.33. The lowest BCUT2D eigenvalue weighted by molar-refractivity contribution is -0.120. The van der Waals surface area contributed by atoms with Gasteiger partial charge in [0.05, 0.1) is 30.5 Å². The van der Waals surface area contributed by atoms with Gasteiger partial charge in [-0.2, -0.15) is 0 Å². The summed E-state index contributed by atoms with van der Waals surface area (Å²) >= 11 is 6.18. The Morgan fingerprint density at radius 3 is 2.50 bits per heavy atom. The van der Waals surface area contributed by atoms with Gasteiger partial charge in [0.2, 0.25) is 0 Å². The van der Waals surface area contributed by atoms with Crippen molar-refractivity contribution in [3.63, 3.8) is 0 Å². The molecular formula is C23H21ClN2O6. The molecule has 166 valence electrons. The number of amides is 2. The van der Waals surface area contributed by atoms with E-state index in [4.69, 9.17) is 16.3 Å². The molecule has 0 aliphatic carbocycles. The lowest BCUT2D eigenvalue weighted by atomic mass is 10.1. The van der Waals surface area contributed by atoms with E-state index >= 15 is 0 Å². The van der Waals surface area contributed by atoms with Crippen LogP contribution in [0.15, 0.2) is 59.3 Å². The highest BCUT2D eigenvalue weighted by Gasteiger charge is 2.40. The summed E-state index contributed by atoms with van der Waals surface area (Å²) in [6.45, 7) is 2.19. The van der Waals surface area contributed by atoms with Crippen molar-refractivity contribution in [3.8, 4) is 0 Å². The number of para-hydroxylation sites is 1. The Labute approximate surface area is 189 Å². The molecule has 1 heterocycles. The van der Waals surface area contributed by atoms with Crippen molar-refractivity contribution in [2.75, 3.05) is 23.9 Å². The maximum atomic E-state index is 13.1. The van der Waals surface area contributed by atoms with Crippen molar-refractivity contribution < 1.29 is 28.7 Å². The molecule has 2 aromatic rings. The molecule has 0 saturated carbocycles. The van der Waals surface area contributed by atoms with Gasteiger partial charge >= 0.3 is 11.9 Å². The number of esters is 2. The number of carbonyl (C=O) groups excluding carboxylic acids is 4. The quantitative estimate of drug-likeness (QED) is 0.365. The van der Waals surface area contributed by atoms with Gasteiger partial charge in [0, 0.05) is 5.69 Å². The Hall–Kier alpha value is -3.65. The molecule has 0 atom stereocenters. The fourth-order valence-corrected chi connectivity index (χ4v) is 3.26. The fraction of sp³-hybridized carbons (Fsp3) is 0.217. The molecule has 1 N–H and O–H groups in total. The van der Waals surface area contributed by atoms with Gasteiger partial charge in [-0.15, -0.1) is 0 Å². The van der Waals surface area contributed by atoms with Gasteiger partial charge in [-0.05, 0) is 36.8 Å². The number of halogens is 1. The van der Waals surface area contributed by atoms with Gasteiger partial charge < -0.3 is 14.8 Å². The van der Waals surface area contributed by atoms with E-state index in [0.717, 1.165) is 11.3 Å². The number of anilines is 2. The molecule has 1 aliphatic heterocycles. The third-order valence-corrected chi connectivity index (χ3v) is 5.03. The van der Waals surface area contributed by atoms with Crippen LogP contribution in [-0.4, -0.2) is 37.5 Å². The molecule has 0 aromatic heterocycles. The molecule has 8 nitrogen and oxygen atoms in total. The van der Waals surface area contributed by atoms with E-state index < -0.39 is 23.8 Å². The first kappa shape index (κ1) is 23.0. The van der Waals surface area contributed by atoms with Gasteiger partial charge in [-0.1, -0.05) is 43.1 Å². The smallest absolute Gasteiger partial charge is 0.340 e. The molecule has 32 heavy (non-hydrogen) atoms. The number of imide groups is 1. The lowest BCUT2D eigenvalue weighted by Gasteiger charge is -2.18. The van der Waals surface area contributed by atoms with Gasteiger partial charge in [-0.3, -0.25) is 9.59 Å². The van der Waals surface area contributed by atoms with Crippen molar-refractivity contribution >= 4 is 46.7 Å². The molecule has 2 aromatic carbocycles. The van der Waals surface area contributed by atoms with Gasteiger partial charge in [0.1, 0.15) is 10.7 Å². The molecule has 0 spiro atoms. The zero-order chi connectivity index (χ0) is 23.3. The molecule has 0 radical (unpaired) electrons. The van der Waals surface area contributed by atoms with Crippen molar-refractivity contribution in [1.82, 2.24) is 0 Å². The Morgan fingerprint density at radius 1 is 1.03 bits per heavy atom. The number of rotatable bonds is 8. The molecule has 0 bridgehead atoms. The summed E-state index contributed by atoms with van der Waals surface area (Å²) in [5, 5.41) is 2.45. The van der Waals surface area contributed by atoms with Crippen molar-refractivity contribution in [2.24, 2.45) is 0 Å². The first-order valence-electron chi connectivity index (χ1n) is 9.89. The number of carbonyl (C=O) groups is 4. The molecule has 0 unspecified atom stereocenters. The summed E-state index contributed by atoms with van der Waals surface area (Å²) in [6, 6.07) is 12.3. The van der Waals surface area contributed by atoms with Crippen LogP contribution in [0.1, 0.15) is 40.5 Å². The van der Waals surface area contributed by atoms with Crippen LogP contribution < -0.4 is 10.2 Å². The average Bonchev–Trinajstić information content (AvgIpc) is 3.01. The van der Waals surface area contributed by atoms with Crippen LogP contribution in [0.4, 0.5) is 11.4 Å². The summed E-state index contributed by atoms with van der Waals surface area (Å²) in [6.07, 6.45) is 1.55. The molecule has 0 saturated heterocycles. The SMILES string of the molecule is CCCCOC(=O)c1ccccc1N1C(=O)C(Cl)=C(Nc2cccc(C(=O)OC)c2)C1=O. The first-order chi connectivity index (χ1) is 15.4. The van der Waals surface area contributed by atoms with E-state index in [9.17, 15) is 19.2 Å². The van der Waals surface area contributed by atoms with E-state index in [1.165, 1.54) is 25.3 Å². The zero-order valence-electron chi connectivity index (χ0n) is 17.5. The Bertz CT molecular complexity index is 1110. The third-order valence-electron chi connectivity index (χ3n) is 4.68. The van der Waals surface area contributed by atoms with Crippen LogP contribution in [0.25, 0.3) is 0 Å². The molecule has 3 rings (SSSR count). The van der Waals surface area contributed by atoms with Crippen LogP contribution in [-0.2, 0) is 19.1 Å². The monoisotopic (exact) mass is 456 g/mol. The number of ether oxygens (including phenoxy) is 2. The van der Waals surface area contributed by atoms with Crippen LogP contribution in [0.5, 0.6) is 0 Å². The Morgan fingerprint density at radius 2 is 1.78 bits per heavy atom. The molecule has 2 amide bonds. The predicted molar refractivity (Wildman–Crippen MR) is 118 cm³/mol. The Kier molecular flexibility index (Phi) is 7.27. The Balaban J connectivity index is 1.88. The van der Waals surface area contributed by atoms with Gasteiger partial charge in [0.15, 0.2) is 0 Å². The second kappa shape index (κ2) is 10.1.